The van der Waals surface area contributed by atoms with Crippen LogP contribution in [-0.2, 0) is 4.74 Å². The van der Waals surface area contributed by atoms with Crippen LogP contribution >= 0.6 is 11.6 Å². The Labute approximate surface area is 78.0 Å². The second-order valence-electron chi connectivity index (χ2n) is 3.64. The van der Waals surface area contributed by atoms with Crippen LogP contribution in [0.15, 0.2) is 23.3 Å². The lowest BCUT2D eigenvalue weighted by Gasteiger charge is -2.35. The fourth-order valence-corrected chi connectivity index (χ4v) is 2.27. The summed E-state index contributed by atoms with van der Waals surface area (Å²) in [4.78, 5) is 0. The van der Waals surface area contributed by atoms with Gasteiger partial charge in [-0.1, -0.05) is 30.7 Å². The maximum absolute atomic E-state index is 6.09. The van der Waals surface area contributed by atoms with Crippen LogP contribution in [0.2, 0.25) is 0 Å². The van der Waals surface area contributed by atoms with E-state index >= 15 is 0 Å². The molecule has 0 saturated carbocycles. The molecule has 0 radical (unpaired) electrons. The van der Waals surface area contributed by atoms with Gasteiger partial charge >= 0.3 is 0 Å². The van der Waals surface area contributed by atoms with Gasteiger partial charge in [0.1, 0.15) is 0 Å². The molecule has 0 bridgehead atoms. The van der Waals surface area contributed by atoms with Crippen LogP contribution < -0.4 is 0 Å². The summed E-state index contributed by atoms with van der Waals surface area (Å²) >= 11 is 6.09. The number of hydrogen-bond acceptors (Lipinski definition) is 1. The van der Waals surface area contributed by atoms with Crippen LogP contribution in [0.5, 0.6) is 0 Å². The minimum Gasteiger partial charge on any atom is -0.380 e. The molecule has 1 aliphatic carbocycles. The highest BCUT2D eigenvalue weighted by Gasteiger charge is 2.32. The molecular formula is C10H13ClO. The van der Waals surface area contributed by atoms with Gasteiger partial charge in [0.2, 0.25) is 0 Å². The highest BCUT2D eigenvalue weighted by Crippen LogP contribution is 2.36. The molecule has 0 aromatic rings. The molecular weight excluding hydrogens is 172 g/mol. The van der Waals surface area contributed by atoms with E-state index in [1.54, 1.807) is 0 Å². The molecule has 0 spiro atoms. The zero-order chi connectivity index (χ0) is 8.55. The third-order valence-corrected chi connectivity index (χ3v) is 3.15. The number of halogens is 1. The Kier molecular flexibility index (Phi) is 2.24. The standard InChI is InChI=1S/C10H13ClO/c1-7-5-12-6-9-8(7)3-2-4-10(9)11/h2-4,7-9H,5-6H2,1H3. The Morgan fingerprint density at radius 2 is 2.33 bits per heavy atom. The van der Waals surface area contributed by atoms with E-state index in [4.69, 9.17) is 16.3 Å². The molecule has 3 unspecified atom stereocenters. The SMILES string of the molecule is CC1COCC2C(Cl)=CC=CC12. The molecule has 0 aromatic heterocycles. The molecule has 0 N–H and O–H groups in total. The van der Waals surface area contributed by atoms with Crippen molar-refractivity contribution >= 4 is 11.6 Å². The zero-order valence-corrected chi connectivity index (χ0v) is 7.92. The summed E-state index contributed by atoms with van der Waals surface area (Å²) < 4.78 is 5.46. The van der Waals surface area contributed by atoms with Crippen LogP contribution in [0.25, 0.3) is 0 Å². The molecule has 0 aromatic carbocycles. The van der Waals surface area contributed by atoms with E-state index in [0.717, 1.165) is 18.2 Å². The molecule has 1 fully saturated rings. The van der Waals surface area contributed by atoms with Crippen LogP contribution in [-0.4, -0.2) is 13.2 Å². The highest BCUT2D eigenvalue weighted by atomic mass is 35.5. The molecule has 1 nitrogen and oxygen atoms in total. The van der Waals surface area contributed by atoms with Gasteiger partial charge in [0.25, 0.3) is 0 Å². The average Bonchev–Trinajstić information content (AvgIpc) is 2.07. The minimum atomic E-state index is 0.417. The first-order valence-corrected chi connectivity index (χ1v) is 4.78. The number of allylic oxidation sites excluding steroid dienone is 3. The normalized spacial score (nSPS) is 40.5. The third kappa shape index (κ3) is 1.32. The smallest absolute Gasteiger partial charge is 0.0549 e. The highest BCUT2D eigenvalue weighted by molar-refractivity contribution is 6.30. The Morgan fingerprint density at radius 3 is 3.08 bits per heavy atom. The maximum atomic E-state index is 6.09. The van der Waals surface area contributed by atoms with Crippen LogP contribution in [0, 0.1) is 17.8 Å². The Hall–Kier alpha value is -0.270. The lowest BCUT2D eigenvalue weighted by molar-refractivity contribution is 0.00812. The van der Waals surface area contributed by atoms with E-state index in [2.05, 4.69) is 19.1 Å². The number of fused-ring (bicyclic) bond motifs is 1. The summed E-state index contributed by atoms with van der Waals surface area (Å²) in [6, 6.07) is 0. The summed E-state index contributed by atoms with van der Waals surface area (Å²) in [5.41, 5.74) is 0. The third-order valence-electron chi connectivity index (χ3n) is 2.74. The predicted molar refractivity (Wildman–Crippen MR) is 50.0 cm³/mol. The van der Waals surface area contributed by atoms with Gasteiger partial charge < -0.3 is 4.74 Å². The van der Waals surface area contributed by atoms with Crippen molar-refractivity contribution in [2.45, 2.75) is 6.92 Å². The molecule has 3 atom stereocenters. The van der Waals surface area contributed by atoms with Crippen molar-refractivity contribution in [3.05, 3.63) is 23.3 Å². The van der Waals surface area contributed by atoms with E-state index in [-0.39, 0.29) is 0 Å². The Morgan fingerprint density at radius 1 is 1.50 bits per heavy atom. The van der Waals surface area contributed by atoms with Gasteiger partial charge in [0.15, 0.2) is 0 Å². The van der Waals surface area contributed by atoms with Crippen molar-refractivity contribution in [1.29, 1.82) is 0 Å². The lowest BCUT2D eigenvalue weighted by atomic mass is 9.79. The Bertz CT molecular complexity index is 232. The molecule has 2 heteroatoms. The number of hydrogen-bond donors (Lipinski definition) is 0. The quantitative estimate of drug-likeness (QED) is 0.563. The summed E-state index contributed by atoms with van der Waals surface area (Å²) in [6.07, 6.45) is 6.29. The maximum Gasteiger partial charge on any atom is 0.0549 e. The van der Waals surface area contributed by atoms with Crippen molar-refractivity contribution in [3.63, 3.8) is 0 Å². The molecule has 12 heavy (non-hydrogen) atoms. The van der Waals surface area contributed by atoms with Gasteiger partial charge in [-0.3, -0.25) is 0 Å². The van der Waals surface area contributed by atoms with Gasteiger partial charge in [-0.15, -0.1) is 0 Å². The second-order valence-corrected chi connectivity index (χ2v) is 4.07. The number of ether oxygens (including phenoxy) is 1. The summed E-state index contributed by atoms with van der Waals surface area (Å²) in [7, 11) is 0. The average molecular weight is 185 g/mol. The monoisotopic (exact) mass is 184 g/mol. The molecule has 2 aliphatic rings. The van der Waals surface area contributed by atoms with Gasteiger partial charge in [-0.25, -0.2) is 0 Å². The van der Waals surface area contributed by atoms with Crippen LogP contribution in [0.3, 0.4) is 0 Å². The van der Waals surface area contributed by atoms with Gasteiger partial charge in [-0.2, -0.15) is 0 Å². The van der Waals surface area contributed by atoms with Crippen LogP contribution in [0.1, 0.15) is 6.92 Å². The first kappa shape index (κ1) is 8.33. The molecule has 1 aliphatic heterocycles. The van der Waals surface area contributed by atoms with E-state index in [9.17, 15) is 0 Å². The van der Waals surface area contributed by atoms with Crippen molar-refractivity contribution in [2.75, 3.05) is 13.2 Å². The van der Waals surface area contributed by atoms with Crippen molar-refractivity contribution in [3.8, 4) is 0 Å². The van der Waals surface area contributed by atoms with E-state index in [0.29, 0.717) is 17.8 Å². The fourth-order valence-electron chi connectivity index (χ4n) is 1.99. The van der Waals surface area contributed by atoms with Crippen molar-refractivity contribution in [1.82, 2.24) is 0 Å². The molecule has 2 rings (SSSR count). The lowest BCUT2D eigenvalue weighted by Crippen LogP contribution is -2.34. The summed E-state index contributed by atoms with van der Waals surface area (Å²) in [5, 5.41) is 0.953. The molecule has 0 amide bonds. The van der Waals surface area contributed by atoms with Crippen molar-refractivity contribution < 1.29 is 4.74 Å². The van der Waals surface area contributed by atoms with E-state index in [1.807, 2.05) is 6.08 Å². The summed E-state index contributed by atoms with van der Waals surface area (Å²) in [5.74, 6) is 1.61. The number of rotatable bonds is 0. The van der Waals surface area contributed by atoms with E-state index < -0.39 is 0 Å². The summed E-state index contributed by atoms with van der Waals surface area (Å²) in [6.45, 7) is 3.88. The van der Waals surface area contributed by atoms with Crippen molar-refractivity contribution in [2.24, 2.45) is 17.8 Å². The van der Waals surface area contributed by atoms with Crippen LogP contribution in [0.4, 0.5) is 0 Å². The minimum absolute atomic E-state index is 0.417. The Balaban J connectivity index is 2.20. The first-order chi connectivity index (χ1) is 5.79. The molecule has 1 saturated heterocycles. The largest absolute Gasteiger partial charge is 0.380 e. The molecule has 1 heterocycles. The fraction of sp³-hybridized carbons (Fsp3) is 0.600. The molecule has 66 valence electrons. The van der Waals surface area contributed by atoms with Gasteiger partial charge in [0.05, 0.1) is 6.61 Å². The van der Waals surface area contributed by atoms with Gasteiger partial charge in [-0.05, 0) is 17.9 Å². The second kappa shape index (κ2) is 3.23. The first-order valence-electron chi connectivity index (χ1n) is 4.40. The van der Waals surface area contributed by atoms with Gasteiger partial charge in [0, 0.05) is 17.6 Å². The zero-order valence-electron chi connectivity index (χ0n) is 7.16. The predicted octanol–water partition coefficient (Wildman–Crippen LogP) is 2.58. The van der Waals surface area contributed by atoms with E-state index in [1.165, 1.54) is 0 Å². The topological polar surface area (TPSA) is 9.23 Å².